The predicted molar refractivity (Wildman–Crippen MR) is 31.5 cm³/mol. The van der Waals surface area contributed by atoms with Gasteiger partial charge < -0.3 is 0 Å². The van der Waals surface area contributed by atoms with Crippen molar-refractivity contribution in [2.24, 2.45) is 5.10 Å². The molecule has 0 aliphatic heterocycles. The molecule has 1 N–H and O–H groups in total. The van der Waals surface area contributed by atoms with E-state index in [-0.39, 0.29) is 0 Å². The lowest BCUT2D eigenvalue weighted by atomic mass is 10.7. The van der Waals surface area contributed by atoms with Gasteiger partial charge in [0.2, 0.25) is 0 Å². The van der Waals surface area contributed by atoms with Gasteiger partial charge in [-0.05, 0) is 6.08 Å². The van der Waals surface area contributed by atoms with Gasteiger partial charge in [-0.15, -0.1) is 0 Å². The van der Waals surface area contributed by atoms with Crippen molar-refractivity contribution in [3.05, 3.63) is 12.7 Å². The second-order valence-corrected chi connectivity index (χ2v) is 1.46. The van der Waals surface area contributed by atoms with E-state index >= 15 is 0 Å². The van der Waals surface area contributed by atoms with Crippen LogP contribution in [-0.2, 0) is 0 Å². The Bertz CT molecular complexity index is 74.1. The normalized spacial score (nSPS) is 10.7. The van der Waals surface area contributed by atoms with Gasteiger partial charge in [0.25, 0.3) is 0 Å². The number of hydrogen-bond acceptors (Lipinski definition) is 1. The van der Waals surface area contributed by atoms with E-state index in [9.17, 15) is 0 Å². The maximum Gasteiger partial charge on any atom is 0.0908 e. The number of nitrogens with zero attached hydrogens (tertiary/aromatic N) is 1. The van der Waals surface area contributed by atoms with Crippen LogP contribution in [0.1, 0.15) is 0 Å². The van der Waals surface area contributed by atoms with Crippen molar-refractivity contribution in [2.75, 3.05) is 14.1 Å². The molecule has 0 amide bonds. The Hall–Kier alpha value is -0.630. The van der Waals surface area contributed by atoms with Crippen molar-refractivity contribution in [3.8, 4) is 0 Å². The minimum absolute atomic E-state index is 1.06. The third-order valence-electron chi connectivity index (χ3n) is 0.438. The van der Waals surface area contributed by atoms with Crippen molar-refractivity contribution in [1.29, 1.82) is 0 Å². The fourth-order valence-corrected chi connectivity index (χ4v) is 0.202. The average molecular weight is 99.2 g/mol. The lowest BCUT2D eigenvalue weighted by molar-refractivity contribution is -0.864. The van der Waals surface area contributed by atoms with Crippen molar-refractivity contribution in [2.45, 2.75) is 0 Å². The topological polar surface area (TPSA) is 16.8 Å². The highest BCUT2D eigenvalue weighted by Crippen LogP contribution is 1.45. The maximum absolute atomic E-state index is 3.92. The Kier molecular flexibility index (Phi) is 3.24. The molecule has 2 heteroatoms. The Labute approximate surface area is 44.1 Å². The summed E-state index contributed by atoms with van der Waals surface area (Å²) in [7, 11) is 3.89. The van der Waals surface area contributed by atoms with Gasteiger partial charge in [-0.3, -0.25) is 0 Å². The summed E-state index contributed by atoms with van der Waals surface area (Å²) in [6.45, 7) is 3.47. The molecule has 0 radical (unpaired) electrons. The van der Waals surface area contributed by atoms with Crippen LogP contribution in [-0.4, -0.2) is 20.3 Å². The molecule has 0 saturated carbocycles. The van der Waals surface area contributed by atoms with Crippen LogP contribution < -0.4 is 5.01 Å². The maximum atomic E-state index is 3.92. The summed E-state index contributed by atoms with van der Waals surface area (Å²) < 4.78 is 0. The minimum atomic E-state index is 1.06. The molecule has 0 aliphatic carbocycles. The molecule has 2 nitrogen and oxygen atoms in total. The molecule has 0 heterocycles. The molecule has 0 atom stereocenters. The zero-order valence-corrected chi connectivity index (χ0v) is 4.81. The number of quaternary nitrogens is 1. The Morgan fingerprint density at radius 1 is 1.57 bits per heavy atom. The third-order valence-corrected chi connectivity index (χ3v) is 0.438. The molecule has 0 spiro atoms. The van der Waals surface area contributed by atoms with Gasteiger partial charge in [-0.2, -0.15) is 0 Å². The molecule has 7 heavy (non-hydrogen) atoms. The molecule has 0 aromatic rings. The molecular formula is C5H11N2+. The molecule has 0 saturated heterocycles. The molecule has 0 rings (SSSR count). The third kappa shape index (κ3) is 5.37. The van der Waals surface area contributed by atoms with Crippen LogP contribution in [0.25, 0.3) is 0 Å². The van der Waals surface area contributed by atoms with Gasteiger partial charge in [0.05, 0.1) is 20.3 Å². The van der Waals surface area contributed by atoms with E-state index in [0.29, 0.717) is 0 Å². The zero-order chi connectivity index (χ0) is 5.70. The highest BCUT2D eigenvalue weighted by atomic mass is 15.4. The van der Waals surface area contributed by atoms with Crippen LogP contribution in [0.2, 0.25) is 0 Å². The predicted octanol–water partition coefficient (Wildman–Crippen LogP) is -0.697. The molecular weight excluding hydrogens is 88.1 g/mol. The minimum Gasteiger partial charge on any atom is -0.214 e. The lowest BCUT2D eigenvalue weighted by Gasteiger charge is -1.91. The zero-order valence-electron chi connectivity index (χ0n) is 4.81. The van der Waals surface area contributed by atoms with Crippen LogP contribution in [0.4, 0.5) is 0 Å². The SMILES string of the molecule is C=C/C=N\[NH+](C)C. The fraction of sp³-hybridized carbons (Fsp3) is 0.400. The molecule has 0 bridgehead atoms. The van der Waals surface area contributed by atoms with Gasteiger partial charge in [-0.25, -0.2) is 5.01 Å². The van der Waals surface area contributed by atoms with Gasteiger partial charge in [0.1, 0.15) is 0 Å². The standard InChI is InChI=1S/C5H10N2/c1-4-5-6-7(2)3/h4-5H,1H2,2-3H3/p+1/b6-5-. The van der Waals surface area contributed by atoms with E-state index in [1.165, 1.54) is 0 Å². The summed E-state index contributed by atoms with van der Waals surface area (Å²) >= 11 is 0. The first-order valence-corrected chi connectivity index (χ1v) is 2.22. The van der Waals surface area contributed by atoms with Crippen LogP contribution >= 0.6 is 0 Å². The number of nitrogens with one attached hydrogen (secondary N) is 1. The summed E-state index contributed by atoms with van der Waals surface area (Å²) in [6.07, 6.45) is 3.34. The fourth-order valence-electron chi connectivity index (χ4n) is 0.202. The van der Waals surface area contributed by atoms with Gasteiger partial charge in [-0.1, -0.05) is 11.7 Å². The van der Waals surface area contributed by atoms with Crippen molar-refractivity contribution >= 4 is 6.21 Å². The van der Waals surface area contributed by atoms with Gasteiger partial charge in [0.15, 0.2) is 0 Å². The Morgan fingerprint density at radius 2 is 2.14 bits per heavy atom. The molecule has 0 unspecified atom stereocenters. The van der Waals surface area contributed by atoms with Crippen molar-refractivity contribution < 1.29 is 5.01 Å². The summed E-state index contributed by atoms with van der Waals surface area (Å²) in [5.74, 6) is 0. The number of hydrogen-bond donors (Lipinski definition) is 1. The van der Waals surface area contributed by atoms with Crippen LogP contribution in [0, 0.1) is 0 Å². The number of rotatable bonds is 2. The summed E-state index contributed by atoms with van der Waals surface area (Å²) in [5, 5.41) is 4.97. The molecule has 0 fully saturated rings. The molecule has 0 aliphatic rings. The van der Waals surface area contributed by atoms with Gasteiger partial charge in [0, 0.05) is 0 Å². The number of allylic oxidation sites excluding steroid dienone is 1. The second-order valence-electron chi connectivity index (χ2n) is 1.46. The van der Waals surface area contributed by atoms with Crippen LogP contribution in [0.5, 0.6) is 0 Å². The van der Waals surface area contributed by atoms with Crippen molar-refractivity contribution in [3.63, 3.8) is 0 Å². The first-order chi connectivity index (χ1) is 3.27. The van der Waals surface area contributed by atoms with Crippen LogP contribution in [0.15, 0.2) is 17.8 Å². The molecule has 0 aromatic heterocycles. The van der Waals surface area contributed by atoms with E-state index in [1.807, 2.05) is 14.1 Å². The Balaban J connectivity index is 3.25. The van der Waals surface area contributed by atoms with Crippen LogP contribution in [0.3, 0.4) is 0 Å². The quantitative estimate of drug-likeness (QED) is 0.348. The van der Waals surface area contributed by atoms with E-state index in [4.69, 9.17) is 0 Å². The summed E-state index contributed by atoms with van der Waals surface area (Å²) in [5.41, 5.74) is 0. The summed E-state index contributed by atoms with van der Waals surface area (Å²) in [6, 6.07) is 0. The van der Waals surface area contributed by atoms with E-state index in [0.717, 1.165) is 5.01 Å². The molecule has 40 valence electrons. The first-order valence-electron chi connectivity index (χ1n) is 2.22. The highest BCUT2D eigenvalue weighted by Gasteiger charge is 1.75. The monoisotopic (exact) mass is 99.1 g/mol. The highest BCUT2D eigenvalue weighted by molar-refractivity contribution is 5.69. The Morgan fingerprint density at radius 3 is 2.29 bits per heavy atom. The van der Waals surface area contributed by atoms with Gasteiger partial charge >= 0.3 is 0 Å². The first kappa shape index (κ1) is 6.37. The van der Waals surface area contributed by atoms with E-state index in [1.54, 1.807) is 12.3 Å². The lowest BCUT2D eigenvalue weighted by Crippen LogP contribution is -3.00. The second kappa shape index (κ2) is 3.56. The van der Waals surface area contributed by atoms with Crippen molar-refractivity contribution in [1.82, 2.24) is 0 Å². The van der Waals surface area contributed by atoms with E-state index in [2.05, 4.69) is 11.7 Å². The largest absolute Gasteiger partial charge is 0.214 e. The average Bonchev–Trinajstić information content (AvgIpc) is 1.61. The summed E-state index contributed by atoms with van der Waals surface area (Å²) in [4.78, 5) is 0. The molecule has 0 aromatic carbocycles. The van der Waals surface area contributed by atoms with E-state index < -0.39 is 0 Å². The smallest absolute Gasteiger partial charge is 0.0908 e.